The van der Waals surface area contributed by atoms with E-state index < -0.39 is 46.5 Å². The van der Waals surface area contributed by atoms with Crippen molar-refractivity contribution in [3.8, 4) is 0 Å². The lowest BCUT2D eigenvalue weighted by Gasteiger charge is -2.10. The number of rotatable bonds is 5. The molecule has 1 aromatic heterocycles. The van der Waals surface area contributed by atoms with Crippen LogP contribution in [0.2, 0.25) is 5.15 Å². The summed E-state index contributed by atoms with van der Waals surface area (Å²) < 4.78 is 44.0. The number of halogens is 4. The van der Waals surface area contributed by atoms with Crippen molar-refractivity contribution in [2.75, 3.05) is 11.9 Å². The smallest absolute Gasteiger partial charge is 0.416 e. The summed E-state index contributed by atoms with van der Waals surface area (Å²) in [6.45, 7) is 0.649. The predicted molar refractivity (Wildman–Crippen MR) is 90.0 cm³/mol. The molecule has 0 aliphatic carbocycles. The van der Waals surface area contributed by atoms with Gasteiger partial charge < -0.3 is 10.1 Å². The summed E-state index contributed by atoms with van der Waals surface area (Å²) in [6, 6.07) is 1.61. The number of aryl methyl sites for hydroxylation is 2. The summed E-state index contributed by atoms with van der Waals surface area (Å²) in [5.74, 6) is -1.94. The van der Waals surface area contributed by atoms with E-state index in [0.29, 0.717) is 12.1 Å². The van der Waals surface area contributed by atoms with Gasteiger partial charge in [0.25, 0.3) is 11.6 Å². The van der Waals surface area contributed by atoms with Crippen molar-refractivity contribution in [3.63, 3.8) is 0 Å². The quantitative estimate of drug-likeness (QED) is 0.451. The van der Waals surface area contributed by atoms with Crippen LogP contribution < -0.4 is 5.32 Å². The van der Waals surface area contributed by atoms with Gasteiger partial charge in [-0.3, -0.25) is 19.6 Å². The van der Waals surface area contributed by atoms with Crippen molar-refractivity contribution in [3.05, 3.63) is 50.3 Å². The minimum atomic E-state index is -4.79. The Morgan fingerprint density at radius 2 is 2.04 bits per heavy atom. The van der Waals surface area contributed by atoms with E-state index in [9.17, 15) is 32.9 Å². The number of nitrogens with one attached hydrogen (secondary N) is 1. The lowest BCUT2D eigenvalue weighted by atomic mass is 10.1. The SMILES string of the molecule is Cc1nn(C)c(Cl)c1C(=O)OCC(=O)Nc1ccc(C(F)(F)F)cc1[N+](=O)[O-]. The second-order valence-corrected chi connectivity index (χ2v) is 5.84. The lowest BCUT2D eigenvalue weighted by Crippen LogP contribution is -2.22. The molecule has 1 aromatic carbocycles. The van der Waals surface area contributed by atoms with Crippen LogP contribution in [0.4, 0.5) is 24.5 Å². The van der Waals surface area contributed by atoms with Crippen LogP contribution in [-0.2, 0) is 22.8 Å². The maximum Gasteiger partial charge on any atom is 0.416 e. The second-order valence-electron chi connectivity index (χ2n) is 5.49. The van der Waals surface area contributed by atoms with Gasteiger partial charge in [-0.1, -0.05) is 11.6 Å². The van der Waals surface area contributed by atoms with Crippen molar-refractivity contribution in [1.82, 2.24) is 9.78 Å². The third-order valence-corrected chi connectivity index (χ3v) is 3.92. The van der Waals surface area contributed by atoms with Crippen molar-refractivity contribution in [2.45, 2.75) is 13.1 Å². The highest BCUT2D eigenvalue weighted by atomic mass is 35.5. The van der Waals surface area contributed by atoms with Gasteiger partial charge in [0.05, 0.1) is 16.2 Å². The minimum absolute atomic E-state index is 0.0127. The summed E-state index contributed by atoms with van der Waals surface area (Å²) >= 11 is 5.89. The standard InChI is InChI=1S/C15H12ClF3N4O5/c1-7-12(13(16)22(2)21-7)14(25)28-6-11(24)20-9-4-3-8(15(17,18)19)5-10(9)23(26)27/h3-5H,6H2,1-2H3,(H,20,24). The molecule has 13 heteroatoms. The van der Waals surface area contributed by atoms with Crippen LogP contribution in [0.15, 0.2) is 18.2 Å². The Morgan fingerprint density at radius 3 is 2.54 bits per heavy atom. The van der Waals surface area contributed by atoms with Crippen molar-refractivity contribution >= 4 is 34.9 Å². The average molecular weight is 421 g/mol. The molecule has 0 unspecified atom stereocenters. The van der Waals surface area contributed by atoms with E-state index in [1.807, 2.05) is 5.32 Å². The number of nitro benzene ring substituents is 1. The van der Waals surface area contributed by atoms with Crippen LogP contribution in [-0.4, -0.2) is 33.2 Å². The van der Waals surface area contributed by atoms with Crippen LogP contribution in [0.3, 0.4) is 0 Å². The summed E-state index contributed by atoms with van der Waals surface area (Å²) in [6.07, 6.45) is -4.79. The Hall–Kier alpha value is -3.15. The maximum absolute atomic E-state index is 12.7. The number of anilines is 1. The Morgan fingerprint density at radius 1 is 1.39 bits per heavy atom. The number of nitrogens with zero attached hydrogens (tertiary/aromatic N) is 3. The number of hydrogen-bond donors (Lipinski definition) is 1. The van der Waals surface area contributed by atoms with E-state index in [4.69, 9.17) is 16.3 Å². The number of nitro groups is 1. The Bertz CT molecular complexity index is 958. The van der Waals surface area contributed by atoms with Crippen molar-refractivity contribution in [1.29, 1.82) is 0 Å². The van der Waals surface area contributed by atoms with Gasteiger partial charge >= 0.3 is 12.1 Å². The molecule has 0 fully saturated rings. The molecule has 2 rings (SSSR count). The molecule has 0 saturated carbocycles. The van der Waals surface area contributed by atoms with Crippen LogP contribution in [0, 0.1) is 17.0 Å². The fourth-order valence-corrected chi connectivity index (χ4v) is 2.47. The van der Waals surface area contributed by atoms with Gasteiger partial charge in [0, 0.05) is 13.1 Å². The van der Waals surface area contributed by atoms with Crippen LogP contribution >= 0.6 is 11.6 Å². The summed E-state index contributed by atoms with van der Waals surface area (Å²) in [7, 11) is 1.49. The average Bonchev–Trinajstić information content (AvgIpc) is 2.84. The molecular formula is C15H12ClF3N4O5. The molecule has 1 heterocycles. The number of aromatic nitrogens is 2. The Kier molecular flexibility index (Phi) is 5.92. The van der Waals surface area contributed by atoms with Gasteiger partial charge in [0.1, 0.15) is 16.4 Å². The van der Waals surface area contributed by atoms with Gasteiger partial charge in [-0.15, -0.1) is 0 Å². The molecule has 0 aliphatic rings. The number of benzene rings is 1. The Labute approximate surface area is 160 Å². The first kappa shape index (κ1) is 21.2. The zero-order valence-corrected chi connectivity index (χ0v) is 15.1. The number of esters is 1. The fraction of sp³-hybridized carbons (Fsp3) is 0.267. The largest absolute Gasteiger partial charge is 0.452 e. The second kappa shape index (κ2) is 7.84. The van der Waals surface area contributed by atoms with E-state index in [0.717, 1.165) is 6.07 Å². The lowest BCUT2D eigenvalue weighted by molar-refractivity contribution is -0.384. The maximum atomic E-state index is 12.7. The van der Waals surface area contributed by atoms with E-state index in [1.165, 1.54) is 18.7 Å². The number of ether oxygens (including phenoxy) is 1. The zero-order chi connectivity index (χ0) is 21.2. The number of hydrogen-bond acceptors (Lipinski definition) is 6. The fourth-order valence-electron chi connectivity index (χ4n) is 2.22. The summed E-state index contributed by atoms with van der Waals surface area (Å²) in [4.78, 5) is 33.8. The summed E-state index contributed by atoms with van der Waals surface area (Å²) in [5, 5.41) is 16.9. The number of carbonyl (C=O) groups is 2. The molecule has 9 nitrogen and oxygen atoms in total. The first-order valence-corrected chi connectivity index (χ1v) is 7.81. The van der Waals surface area contributed by atoms with Gasteiger partial charge in [0.15, 0.2) is 6.61 Å². The van der Waals surface area contributed by atoms with E-state index in [2.05, 4.69) is 5.10 Å². The van der Waals surface area contributed by atoms with Gasteiger partial charge in [0.2, 0.25) is 0 Å². The van der Waals surface area contributed by atoms with E-state index in [-0.39, 0.29) is 16.4 Å². The van der Waals surface area contributed by atoms with Crippen LogP contribution in [0.1, 0.15) is 21.6 Å². The van der Waals surface area contributed by atoms with Crippen LogP contribution in [0.25, 0.3) is 0 Å². The molecule has 150 valence electrons. The monoisotopic (exact) mass is 420 g/mol. The third-order valence-electron chi connectivity index (χ3n) is 3.49. The number of amides is 1. The molecule has 0 bridgehead atoms. The predicted octanol–water partition coefficient (Wildman–Crippen LogP) is 3.10. The summed E-state index contributed by atoms with van der Waals surface area (Å²) in [5.41, 5.74) is -2.48. The highest BCUT2D eigenvalue weighted by Gasteiger charge is 2.33. The molecule has 1 amide bonds. The molecule has 2 aromatic rings. The van der Waals surface area contributed by atoms with E-state index >= 15 is 0 Å². The number of alkyl halides is 3. The van der Waals surface area contributed by atoms with Crippen molar-refractivity contribution in [2.24, 2.45) is 7.05 Å². The third kappa shape index (κ3) is 4.57. The first-order valence-electron chi connectivity index (χ1n) is 7.43. The highest BCUT2D eigenvalue weighted by molar-refractivity contribution is 6.32. The molecule has 0 spiro atoms. The van der Waals surface area contributed by atoms with E-state index in [1.54, 1.807) is 0 Å². The van der Waals surface area contributed by atoms with Gasteiger partial charge in [-0.2, -0.15) is 18.3 Å². The molecular weight excluding hydrogens is 409 g/mol. The topological polar surface area (TPSA) is 116 Å². The molecule has 0 aliphatic heterocycles. The molecule has 0 radical (unpaired) electrons. The molecule has 0 saturated heterocycles. The zero-order valence-electron chi connectivity index (χ0n) is 14.3. The van der Waals surface area contributed by atoms with Gasteiger partial charge in [-0.25, -0.2) is 4.79 Å². The minimum Gasteiger partial charge on any atom is -0.452 e. The first-order chi connectivity index (χ1) is 12.9. The normalized spacial score (nSPS) is 11.2. The Balaban J connectivity index is 2.11. The van der Waals surface area contributed by atoms with Gasteiger partial charge in [-0.05, 0) is 19.1 Å². The van der Waals surface area contributed by atoms with Crippen molar-refractivity contribution < 1.29 is 32.4 Å². The highest BCUT2D eigenvalue weighted by Crippen LogP contribution is 2.34. The van der Waals surface area contributed by atoms with Crippen LogP contribution in [0.5, 0.6) is 0 Å². The number of carbonyl (C=O) groups excluding carboxylic acids is 2. The molecule has 28 heavy (non-hydrogen) atoms. The molecule has 0 atom stereocenters. The molecule has 1 N–H and O–H groups in total.